The third-order valence-corrected chi connectivity index (χ3v) is 4.78. The molecule has 2 heterocycles. The van der Waals surface area contributed by atoms with Crippen molar-refractivity contribution in [1.82, 2.24) is 4.98 Å². The average molecular weight is 393 g/mol. The van der Waals surface area contributed by atoms with Crippen LogP contribution in [-0.4, -0.2) is 37.1 Å². The average Bonchev–Trinajstić information content (AvgIpc) is 2.67. The van der Waals surface area contributed by atoms with Gasteiger partial charge < -0.3 is 21.3 Å². The molecule has 1 unspecified atom stereocenters. The van der Waals surface area contributed by atoms with E-state index in [0.29, 0.717) is 32.0 Å². The van der Waals surface area contributed by atoms with Crippen molar-refractivity contribution in [2.75, 3.05) is 36.0 Å². The first kappa shape index (κ1) is 19.9. The number of rotatable bonds is 5. The zero-order chi connectivity index (χ0) is 20.3. The van der Waals surface area contributed by atoms with Crippen molar-refractivity contribution < 1.29 is 18.0 Å². The van der Waals surface area contributed by atoms with Crippen molar-refractivity contribution in [1.29, 1.82) is 0 Å². The molecule has 28 heavy (non-hydrogen) atoms. The maximum atomic E-state index is 12.7. The summed E-state index contributed by atoms with van der Waals surface area (Å²) >= 11 is 0. The fourth-order valence-electron chi connectivity index (χ4n) is 3.33. The van der Waals surface area contributed by atoms with Gasteiger partial charge in [0.2, 0.25) is 5.91 Å². The quantitative estimate of drug-likeness (QED) is 0.814. The third-order valence-electron chi connectivity index (χ3n) is 4.78. The largest absolute Gasteiger partial charge is 0.417 e. The van der Waals surface area contributed by atoms with Crippen LogP contribution in [0.4, 0.5) is 24.7 Å². The molecule has 0 spiro atoms. The summed E-state index contributed by atoms with van der Waals surface area (Å²) in [6, 6.07) is 9.56. The Morgan fingerprint density at radius 1 is 1.07 bits per heavy atom. The van der Waals surface area contributed by atoms with Crippen molar-refractivity contribution in [2.24, 2.45) is 11.5 Å². The number of anilines is 2. The fraction of sp³-hybridized carbons (Fsp3) is 0.368. The van der Waals surface area contributed by atoms with E-state index in [2.05, 4.69) is 9.88 Å². The second-order valence-corrected chi connectivity index (χ2v) is 6.71. The molecule has 1 aliphatic rings. The number of alkyl halides is 3. The monoisotopic (exact) mass is 393 g/mol. The Kier molecular flexibility index (Phi) is 5.73. The topological polar surface area (TPSA) is 88.5 Å². The molecule has 1 aromatic carbocycles. The Morgan fingerprint density at radius 2 is 1.71 bits per heavy atom. The maximum absolute atomic E-state index is 12.7. The van der Waals surface area contributed by atoms with Crippen LogP contribution in [0.1, 0.15) is 23.6 Å². The third kappa shape index (κ3) is 4.53. The van der Waals surface area contributed by atoms with Crippen LogP contribution in [-0.2, 0) is 11.0 Å². The van der Waals surface area contributed by atoms with E-state index in [1.807, 2.05) is 29.2 Å². The lowest BCUT2D eigenvalue weighted by molar-refractivity contribution is -0.137. The van der Waals surface area contributed by atoms with Crippen LogP contribution in [0.3, 0.4) is 0 Å². The van der Waals surface area contributed by atoms with Crippen LogP contribution < -0.4 is 21.3 Å². The number of aromatic nitrogens is 1. The maximum Gasteiger partial charge on any atom is 0.417 e. The molecular weight excluding hydrogens is 371 g/mol. The molecule has 4 N–H and O–H groups in total. The number of halogens is 3. The molecule has 150 valence electrons. The van der Waals surface area contributed by atoms with Gasteiger partial charge in [-0.1, -0.05) is 18.2 Å². The number of nitrogens with two attached hydrogens (primary N) is 2. The fourth-order valence-corrected chi connectivity index (χ4v) is 3.33. The summed E-state index contributed by atoms with van der Waals surface area (Å²) in [5.74, 6) is 0.0619. The van der Waals surface area contributed by atoms with Crippen LogP contribution in [0.25, 0.3) is 0 Å². The molecule has 9 heteroatoms. The van der Waals surface area contributed by atoms with E-state index < -0.39 is 23.7 Å². The van der Waals surface area contributed by atoms with E-state index in [4.69, 9.17) is 11.5 Å². The standard InChI is InChI=1S/C19H22F3N5O/c20-19(21,22)13-5-6-18(25-12-13)27-9-7-26(8-10-27)16-4-2-1-3-14(16)15(23)11-17(24)28/h1-6,12,15H,7-11,23H2,(H2,24,28). The number of hydrogen-bond acceptors (Lipinski definition) is 5. The van der Waals surface area contributed by atoms with Gasteiger partial charge in [-0.25, -0.2) is 4.98 Å². The molecule has 1 fully saturated rings. The van der Waals surface area contributed by atoms with Gasteiger partial charge in [-0.15, -0.1) is 0 Å². The van der Waals surface area contributed by atoms with Gasteiger partial charge in [0.15, 0.2) is 0 Å². The van der Waals surface area contributed by atoms with Gasteiger partial charge in [0.05, 0.1) is 5.56 Å². The lowest BCUT2D eigenvalue weighted by atomic mass is 10.0. The zero-order valence-corrected chi connectivity index (χ0v) is 15.2. The van der Waals surface area contributed by atoms with Gasteiger partial charge in [0.25, 0.3) is 0 Å². The predicted molar refractivity (Wildman–Crippen MR) is 101 cm³/mol. The minimum absolute atomic E-state index is 0.0620. The molecule has 3 rings (SSSR count). The highest BCUT2D eigenvalue weighted by Gasteiger charge is 2.31. The molecule has 0 saturated carbocycles. The van der Waals surface area contributed by atoms with Crippen LogP contribution in [0.15, 0.2) is 42.6 Å². The van der Waals surface area contributed by atoms with Crippen LogP contribution >= 0.6 is 0 Å². The number of pyridine rings is 1. The molecule has 1 aromatic heterocycles. The van der Waals surface area contributed by atoms with E-state index in [0.717, 1.165) is 23.5 Å². The van der Waals surface area contributed by atoms with Gasteiger partial charge >= 0.3 is 6.18 Å². The summed E-state index contributed by atoms with van der Waals surface area (Å²) in [5.41, 5.74) is 12.4. The first-order valence-corrected chi connectivity index (χ1v) is 8.91. The first-order chi connectivity index (χ1) is 13.3. The summed E-state index contributed by atoms with van der Waals surface area (Å²) in [6.07, 6.45) is -3.47. The molecule has 0 radical (unpaired) electrons. The Bertz CT molecular complexity index is 817. The van der Waals surface area contributed by atoms with Crippen molar-refractivity contribution >= 4 is 17.4 Å². The summed E-state index contributed by atoms with van der Waals surface area (Å²) in [6.45, 7) is 2.53. The lowest BCUT2D eigenvalue weighted by Gasteiger charge is -2.38. The van der Waals surface area contributed by atoms with Gasteiger partial charge in [-0.3, -0.25) is 4.79 Å². The highest BCUT2D eigenvalue weighted by atomic mass is 19.4. The zero-order valence-electron chi connectivity index (χ0n) is 15.2. The first-order valence-electron chi connectivity index (χ1n) is 8.91. The van der Waals surface area contributed by atoms with Crippen LogP contribution in [0, 0.1) is 0 Å². The van der Waals surface area contributed by atoms with E-state index in [1.54, 1.807) is 0 Å². The number of carbonyl (C=O) groups excluding carboxylic acids is 1. The molecule has 1 atom stereocenters. The second-order valence-electron chi connectivity index (χ2n) is 6.71. The second kappa shape index (κ2) is 8.05. The summed E-state index contributed by atoms with van der Waals surface area (Å²) in [5, 5.41) is 0. The minimum Gasteiger partial charge on any atom is -0.370 e. The SMILES string of the molecule is NC(=O)CC(N)c1ccccc1N1CCN(c2ccc(C(F)(F)F)cn2)CC1. The van der Waals surface area contributed by atoms with Gasteiger partial charge in [0.1, 0.15) is 5.82 Å². The van der Waals surface area contributed by atoms with E-state index in [9.17, 15) is 18.0 Å². The van der Waals surface area contributed by atoms with Crippen molar-refractivity contribution in [2.45, 2.75) is 18.6 Å². The molecule has 6 nitrogen and oxygen atoms in total. The molecule has 0 bridgehead atoms. The summed E-state index contributed by atoms with van der Waals surface area (Å²) in [4.78, 5) is 19.3. The summed E-state index contributed by atoms with van der Waals surface area (Å²) in [7, 11) is 0. The van der Waals surface area contributed by atoms with Crippen molar-refractivity contribution in [3.63, 3.8) is 0 Å². The van der Waals surface area contributed by atoms with Gasteiger partial charge in [-0.2, -0.15) is 13.2 Å². The lowest BCUT2D eigenvalue weighted by Crippen LogP contribution is -2.47. The van der Waals surface area contributed by atoms with Crippen LogP contribution in [0.5, 0.6) is 0 Å². The molecule has 1 saturated heterocycles. The molecule has 1 amide bonds. The molecule has 0 aliphatic carbocycles. The summed E-state index contributed by atoms with van der Waals surface area (Å²) < 4.78 is 38.1. The van der Waals surface area contributed by atoms with E-state index >= 15 is 0 Å². The van der Waals surface area contributed by atoms with Gasteiger partial charge in [-0.05, 0) is 23.8 Å². The number of benzene rings is 1. The molecule has 1 aliphatic heterocycles. The van der Waals surface area contributed by atoms with Crippen molar-refractivity contribution in [3.8, 4) is 0 Å². The van der Waals surface area contributed by atoms with Crippen molar-refractivity contribution in [3.05, 3.63) is 53.7 Å². The van der Waals surface area contributed by atoms with E-state index in [1.165, 1.54) is 6.07 Å². The Balaban J connectivity index is 1.68. The van der Waals surface area contributed by atoms with E-state index in [-0.39, 0.29) is 6.42 Å². The number of primary amides is 1. The minimum atomic E-state index is -4.39. The Hall–Kier alpha value is -2.81. The number of nitrogens with zero attached hydrogens (tertiary/aromatic N) is 3. The number of para-hydroxylation sites is 1. The number of hydrogen-bond donors (Lipinski definition) is 2. The Morgan fingerprint density at radius 3 is 2.29 bits per heavy atom. The highest BCUT2D eigenvalue weighted by molar-refractivity contribution is 5.75. The number of carbonyl (C=O) groups is 1. The smallest absolute Gasteiger partial charge is 0.370 e. The number of amides is 1. The number of piperazine rings is 1. The molecular formula is C19H22F3N5O. The Labute approximate surface area is 160 Å². The normalized spacial score (nSPS) is 16.1. The molecule has 2 aromatic rings. The highest BCUT2D eigenvalue weighted by Crippen LogP contribution is 2.31. The van der Waals surface area contributed by atoms with Crippen LogP contribution in [0.2, 0.25) is 0 Å². The predicted octanol–water partition coefficient (Wildman–Crippen LogP) is 2.30. The van der Waals surface area contributed by atoms with Gasteiger partial charge in [0, 0.05) is 50.5 Å².